The Bertz CT molecular complexity index is 731. The van der Waals surface area contributed by atoms with Crippen LogP contribution < -0.4 is 0 Å². The highest BCUT2D eigenvalue weighted by molar-refractivity contribution is 5.76. The lowest BCUT2D eigenvalue weighted by Gasteiger charge is -2.43. The molecule has 2 N–H and O–H groups in total. The van der Waals surface area contributed by atoms with E-state index >= 15 is 0 Å². The minimum atomic E-state index is -1.11. The summed E-state index contributed by atoms with van der Waals surface area (Å²) in [7, 11) is 1.94. The van der Waals surface area contributed by atoms with Crippen molar-refractivity contribution >= 4 is 5.97 Å². The molecule has 1 saturated heterocycles. The second-order valence-corrected chi connectivity index (χ2v) is 7.27. The SMILES string of the molecule is Cn1ccnc1CN1CC[C@H](O)[C@](CCCc2ccccc2)(C(=O)O)C1. The van der Waals surface area contributed by atoms with Crippen molar-refractivity contribution in [3.05, 3.63) is 54.1 Å². The lowest BCUT2D eigenvalue weighted by Crippen LogP contribution is -2.55. The number of rotatable bonds is 7. The van der Waals surface area contributed by atoms with Crippen molar-refractivity contribution in [1.29, 1.82) is 0 Å². The van der Waals surface area contributed by atoms with Crippen molar-refractivity contribution in [2.45, 2.75) is 38.3 Å². The number of piperidine rings is 1. The molecule has 1 aliphatic rings. The van der Waals surface area contributed by atoms with Crippen molar-refractivity contribution in [1.82, 2.24) is 14.5 Å². The summed E-state index contributed by atoms with van der Waals surface area (Å²) < 4.78 is 1.95. The third-order valence-corrected chi connectivity index (χ3v) is 5.51. The van der Waals surface area contributed by atoms with E-state index in [0.717, 1.165) is 18.7 Å². The van der Waals surface area contributed by atoms with Crippen LogP contribution in [0.15, 0.2) is 42.7 Å². The zero-order chi connectivity index (χ0) is 18.6. The number of aliphatic hydroxyl groups is 1. The van der Waals surface area contributed by atoms with E-state index in [1.165, 1.54) is 5.56 Å². The summed E-state index contributed by atoms with van der Waals surface area (Å²) in [5.41, 5.74) is 0.0845. The van der Waals surface area contributed by atoms with Crippen LogP contribution in [0.5, 0.6) is 0 Å². The molecule has 0 radical (unpaired) electrons. The van der Waals surface area contributed by atoms with Crippen molar-refractivity contribution in [3.63, 3.8) is 0 Å². The van der Waals surface area contributed by atoms with Crippen LogP contribution >= 0.6 is 0 Å². The molecular formula is C20H27N3O3. The van der Waals surface area contributed by atoms with Gasteiger partial charge in [-0.2, -0.15) is 0 Å². The van der Waals surface area contributed by atoms with E-state index in [9.17, 15) is 15.0 Å². The largest absolute Gasteiger partial charge is 0.481 e. The van der Waals surface area contributed by atoms with Gasteiger partial charge in [-0.15, -0.1) is 0 Å². The quantitative estimate of drug-likeness (QED) is 0.793. The Kier molecular flexibility index (Phi) is 5.74. The molecule has 1 aromatic heterocycles. The molecule has 6 nitrogen and oxygen atoms in total. The molecule has 0 spiro atoms. The molecule has 26 heavy (non-hydrogen) atoms. The normalized spacial score (nSPS) is 23.8. The first-order valence-electron chi connectivity index (χ1n) is 9.15. The number of aromatic nitrogens is 2. The van der Waals surface area contributed by atoms with Crippen molar-refractivity contribution in [2.24, 2.45) is 12.5 Å². The number of carboxylic acid groups (broad SMARTS) is 1. The number of aliphatic carboxylic acids is 1. The topological polar surface area (TPSA) is 78.6 Å². The van der Waals surface area contributed by atoms with Crippen LogP contribution in [-0.4, -0.2) is 49.8 Å². The molecule has 140 valence electrons. The van der Waals surface area contributed by atoms with Crippen LogP contribution in [0, 0.1) is 5.41 Å². The lowest BCUT2D eigenvalue weighted by molar-refractivity contribution is -0.164. The molecule has 2 aromatic rings. The molecule has 1 aliphatic heterocycles. The predicted molar refractivity (Wildman–Crippen MR) is 98.6 cm³/mol. The Morgan fingerprint density at radius 2 is 2.12 bits per heavy atom. The van der Waals surface area contributed by atoms with E-state index in [4.69, 9.17) is 0 Å². The molecule has 1 aromatic carbocycles. The van der Waals surface area contributed by atoms with Crippen molar-refractivity contribution in [3.8, 4) is 0 Å². The van der Waals surface area contributed by atoms with Gasteiger partial charge in [-0.25, -0.2) is 4.98 Å². The first-order chi connectivity index (χ1) is 12.5. The molecule has 0 amide bonds. The van der Waals surface area contributed by atoms with Crippen LogP contribution in [0.1, 0.15) is 30.7 Å². The number of carboxylic acids is 1. The van der Waals surface area contributed by atoms with Gasteiger partial charge in [0.15, 0.2) is 0 Å². The van der Waals surface area contributed by atoms with E-state index in [0.29, 0.717) is 32.5 Å². The third-order valence-electron chi connectivity index (χ3n) is 5.51. The highest BCUT2D eigenvalue weighted by atomic mass is 16.4. The van der Waals surface area contributed by atoms with Gasteiger partial charge in [0.25, 0.3) is 0 Å². The highest BCUT2D eigenvalue weighted by Gasteiger charge is 2.48. The first kappa shape index (κ1) is 18.6. The van der Waals surface area contributed by atoms with E-state index < -0.39 is 17.5 Å². The Morgan fingerprint density at radius 1 is 1.35 bits per heavy atom. The van der Waals surface area contributed by atoms with Gasteiger partial charge in [-0.05, 0) is 31.2 Å². The molecule has 2 atom stereocenters. The van der Waals surface area contributed by atoms with Gasteiger partial charge < -0.3 is 14.8 Å². The summed E-state index contributed by atoms with van der Waals surface area (Å²) in [6, 6.07) is 10.1. The van der Waals surface area contributed by atoms with Gasteiger partial charge in [-0.3, -0.25) is 9.69 Å². The maximum absolute atomic E-state index is 12.1. The highest BCUT2D eigenvalue weighted by Crippen LogP contribution is 2.36. The smallest absolute Gasteiger partial charge is 0.313 e. The zero-order valence-electron chi connectivity index (χ0n) is 15.2. The molecule has 3 rings (SSSR count). The van der Waals surface area contributed by atoms with Crippen LogP contribution in [0.4, 0.5) is 0 Å². The van der Waals surface area contributed by atoms with Gasteiger partial charge in [-0.1, -0.05) is 30.3 Å². The molecule has 0 unspecified atom stereocenters. The standard InChI is InChI=1S/C20H27N3O3/c1-22-13-11-21-18(22)14-23-12-9-17(24)20(15-23,19(25)26)10-5-8-16-6-3-2-4-7-16/h2-4,6-7,11,13,17,24H,5,8-10,12,14-15H2,1H3,(H,25,26)/t17-,20+/m0/s1. The van der Waals surface area contributed by atoms with Gasteiger partial charge >= 0.3 is 5.97 Å². The van der Waals surface area contributed by atoms with E-state index in [-0.39, 0.29) is 0 Å². The molecule has 0 aliphatic carbocycles. The summed E-state index contributed by atoms with van der Waals surface area (Å²) in [6.45, 7) is 1.64. The lowest BCUT2D eigenvalue weighted by atomic mass is 9.73. The van der Waals surface area contributed by atoms with E-state index in [1.807, 2.05) is 36.0 Å². The second kappa shape index (κ2) is 8.01. The minimum Gasteiger partial charge on any atom is -0.481 e. The second-order valence-electron chi connectivity index (χ2n) is 7.27. The monoisotopic (exact) mass is 357 g/mol. The van der Waals surface area contributed by atoms with E-state index in [2.05, 4.69) is 22.0 Å². The molecule has 6 heteroatoms. The number of hydrogen-bond donors (Lipinski definition) is 2. The number of imidazole rings is 1. The van der Waals surface area contributed by atoms with Crippen LogP contribution in [0.25, 0.3) is 0 Å². The average molecular weight is 357 g/mol. The van der Waals surface area contributed by atoms with Crippen LogP contribution in [0.3, 0.4) is 0 Å². The number of aliphatic hydroxyl groups excluding tert-OH is 1. The van der Waals surface area contributed by atoms with Crippen LogP contribution in [-0.2, 0) is 24.8 Å². The molecule has 1 fully saturated rings. The Hall–Kier alpha value is -2.18. The van der Waals surface area contributed by atoms with Gasteiger partial charge in [0.05, 0.1) is 12.6 Å². The maximum atomic E-state index is 12.1. The molecule has 0 saturated carbocycles. The molecule has 2 heterocycles. The first-order valence-corrected chi connectivity index (χ1v) is 9.15. The number of aryl methyl sites for hydroxylation is 2. The summed E-state index contributed by atoms with van der Waals surface area (Å²) in [4.78, 5) is 18.6. The summed E-state index contributed by atoms with van der Waals surface area (Å²) in [5, 5.41) is 20.5. The number of likely N-dealkylation sites (tertiary alicyclic amines) is 1. The molecular weight excluding hydrogens is 330 g/mol. The van der Waals surface area contributed by atoms with Crippen molar-refractivity contribution < 1.29 is 15.0 Å². The third kappa shape index (κ3) is 3.97. The summed E-state index contributed by atoms with van der Waals surface area (Å²) in [5.74, 6) is 0.00701. The number of carbonyl (C=O) groups is 1. The number of benzene rings is 1. The van der Waals surface area contributed by atoms with Gasteiger partial charge in [0, 0.05) is 32.5 Å². The van der Waals surface area contributed by atoms with Gasteiger partial charge in [0.2, 0.25) is 0 Å². The molecule has 0 bridgehead atoms. The average Bonchev–Trinajstić information content (AvgIpc) is 3.03. The number of nitrogens with zero attached hydrogens (tertiary/aromatic N) is 3. The fourth-order valence-corrected chi connectivity index (χ4v) is 3.86. The van der Waals surface area contributed by atoms with Crippen molar-refractivity contribution in [2.75, 3.05) is 13.1 Å². The fraction of sp³-hybridized carbons (Fsp3) is 0.500. The van der Waals surface area contributed by atoms with E-state index in [1.54, 1.807) is 6.20 Å². The van der Waals surface area contributed by atoms with Crippen LogP contribution in [0.2, 0.25) is 0 Å². The zero-order valence-corrected chi connectivity index (χ0v) is 15.2. The Labute approximate surface area is 154 Å². The number of hydrogen-bond acceptors (Lipinski definition) is 4. The minimum absolute atomic E-state index is 0.352. The fourth-order valence-electron chi connectivity index (χ4n) is 3.86. The Morgan fingerprint density at radius 3 is 2.77 bits per heavy atom. The van der Waals surface area contributed by atoms with Gasteiger partial charge in [0.1, 0.15) is 11.2 Å². The summed E-state index contributed by atoms with van der Waals surface area (Å²) >= 11 is 0. The Balaban J connectivity index is 1.68. The predicted octanol–water partition coefficient (Wildman–Crippen LogP) is 2.08. The summed E-state index contributed by atoms with van der Waals surface area (Å²) in [6.07, 6.45) is 5.33. The maximum Gasteiger partial charge on any atom is 0.313 e.